The molecule has 3 nitrogen and oxygen atoms in total. The van der Waals surface area contributed by atoms with Crippen molar-refractivity contribution in [3.8, 4) is 11.1 Å². The lowest BCUT2D eigenvalue weighted by molar-refractivity contribution is -0.114. The van der Waals surface area contributed by atoms with E-state index in [2.05, 4.69) is 5.32 Å². The molecule has 3 rings (SSSR count). The van der Waals surface area contributed by atoms with Crippen LogP contribution in [0.3, 0.4) is 0 Å². The smallest absolute Gasteiger partial charge is 0.221 e. The van der Waals surface area contributed by atoms with Crippen LogP contribution in [-0.2, 0) is 4.79 Å². The van der Waals surface area contributed by atoms with Crippen molar-refractivity contribution in [2.24, 2.45) is 0 Å². The van der Waals surface area contributed by atoms with Crippen molar-refractivity contribution in [1.29, 1.82) is 0 Å². The number of hydrogen-bond donors (Lipinski definition) is 2. The molecular weight excluding hydrogens is 262 g/mol. The first kappa shape index (κ1) is 12.2. The highest BCUT2D eigenvalue weighted by Gasteiger charge is 2.27. The van der Waals surface area contributed by atoms with Gasteiger partial charge in [-0.1, -0.05) is 35.9 Å². The summed E-state index contributed by atoms with van der Waals surface area (Å²) >= 11 is 6.17. The summed E-state index contributed by atoms with van der Waals surface area (Å²) < 4.78 is 0. The first-order chi connectivity index (χ1) is 9.08. The molecule has 0 aromatic heterocycles. The van der Waals surface area contributed by atoms with Crippen LogP contribution >= 0.6 is 11.6 Å². The molecule has 0 aliphatic heterocycles. The molecule has 2 N–H and O–H groups in total. The summed E-state index contributed by atoms with van der Waals surface area (Å²) in [6.45, 7) is 1.43. The predicted molar refractivity (Wildman–Crippen MR) is 75.3 cm³/mol. The Bertz CT molecular complexity index is 682. The van der Waals surface area contributed by atoms with Gasteiger partial charge in [0, 0.05) is 6.92 Å². The maximum Gasteiger partial charge on any atom is 0.221 e. The van der Waals surface area contributed by atoms with Crippen molar-refractivity contribution >= 4 is 23.2 Å². The number of aliphatic hydroxyl groups excluding tert-OH is 1. The summed E-state index contributed by atoms with van der Waals surface area (Å²) in [7, 11) is 0. The van der Waals surface area contributed by atoms with Gasteiger partial charge in [-0.2, -0.15) is 0 Å². The van der Waals surface area contributed by atoms with E-state index in [0.29, 0.717) is 10.7 Å². The second-order valence-corrected chi connectivity index (χ2v) is 5.00. The van der Waals surface area contributed by atoms with E-state index in [1.54, 1.807) is 12.1 Å². The topological polar surface area (TPSA) is 49.3 Å². The molecule has 1 aliphatic rings. The van der Waals surface area contributed by atoms with Crippen molar-refractivity contribution in [3.05, 3.63) is 52.5 Å². The number of benzene rings is 2. The van der Waals surface area contributed by atoms with Gasteiger partial charge in [-0.25, -0.2) is 0 Å². The van der Waals surface area contributed by atoms with Crippen LogP contribution in [0.4, 0.5) is 5.69 Å². The molecule has 0 saturated carbocycles. The van der Waals surface area contributed by atoms with Crippen molar-refractivity contribution in [2.45, 2.75) is 13.0 Å². The number of carbonyl (C=O) groups is 1. The van der Waals surface area contributed by atoms with Gasteiger partial charge in [-0.15, -0.1) is 0 Å². The lowest BCUT2D eigenvalue weighted by Gasteiger charge is -2.10. The standard InChI is InChI=1S/C15H12ClNO2/c1-8(18)17-14-7-12-11(6-13(14)16)9-4-2-3-5-10(9)15(12)19/h2-7,15,19H,1H3,(H,17,18)/t15-/m0/s1. The summed E-state index contributed by atoms with van der Waals surface area (Å²) in [4.78, 5) is 11.1. The van der Waals surface area contributed by atoms with E-state index in [-0.39, 0.29) is 5.91 Å². The lowest BCUT2D eigenvalue weighted by Crippen LogP contribution is -2.07. The Morgan fingerprint density at radius 2 is 1.95 bits per heavy atom. The maximum absolute atomic E-state index is 11.1. The zero-order chi connectivity index (χ0) is 13.6. The summed E-state index contributed by atoms with van der Waals surface area (Å²) in [5.74, 6) is -0.188. The van der Waals surface area contributed by atoms with Gasteiger partial charge in [-0.3, -0.25) is 4.79 Å². The van der Waals surface area contributed by atoms with E-state index in [0.717, 1.165) is 22.3 Å². The van der Waals surface area contributed by atoms with Crippen molar-refractivity contribution in [2.75, 3.05) is 5.32 Å². The van der Waals surface area contributed by atoms with Crippen molar-refractivity contribution in [1.82, 2.24) is 0 Å². The molecule has 1 aliphatic carbocycles. The second kappa shape index (κ2) is 4.37. The van der Waals surface area contributed by atoms with Crippen LogP contribution in [0.15, 0.2) is 36.4 Å². The molecule has 1 atom stereocenters. The van der Waals surface area contributed by atoms with Crippen LogP contribution < -0.4 is 5.32 Å². The Morgan fingerprint density at radius 1 is 1.21 bits per heavy atom. The fourth-order valence-corrected chi connectivity index (χ4v) is 2.69. The van der Waals surface area contributed by atoms with E-state index in [1.165, 1.54) is 6.92 Å². The molecule has 2 aromatic rings. The SMILES string of the molecule is CC(=O)Nc1cc2c(cc1Cl)-c1ccccc1[C@@H]2O. The number of hydrogen-bond acceptors (Lipinski definition) is 2. The number of anilines is 1. The third kappa shape index (κ3) is 1.91. The number of carbonyl (C=O) groups excluding carboxylic acids is 1. The highest BCUT2D eigenvalue weighted by Crippen LogP contribution is 2.46. The number of amides is 1. The molecular formula is C15H12ClNO2. The van der Waals surface area contributed by atoms with Crippen LogP contribution in [0, 0.1) is 0 Å². The Kier molecular flexibility index (Phi) is 2.81. The number of halogens is 1. The van der Waals surface area contributed by atoms with Gasteiger partial charge in [0.1, 0.15) is 6.10 Å². The van der Waals surface area contributed by atoms with Crippen LogP contribution in [0.5, 0.6) is 0 Å². The molecule has 0 bridgehead atoms. The Hall–Kier alpha value is -1.84. The zero-order valence-corrected chi connectivity index (χ0v) is 11.0. The molecule has 96 valence electrons. The fraction of sp³-hybridized carbons (Fsp3) is 0.133. The zero-order valence-electron chi connectivity index (χ0n) is 10.3. The maximum atomic E-state index is 11.1. The molecule has 0 heterocycles. The first-order valence-electron chi connectivity index (χ1n) is 5.96. The van der Waals surface area contributed by atoms with Gasteiger partial charge < -0.3 is 10.4 Å². The van der Waals surface area contributed by atoms with E-state index in [4.69, 9.17) is 11.6 Å². The summed E-state index contributed by atoms with van der Waals surface area (Å²) in [5.41, 5.74) is 4.08. The minimum atomic E-state index is -0.670. The minimum absolute atomic E-state index is 0.188. The van der Waals surface area contributed by atoms with Crippen molar-refractivity contribution in [3.63, 3.8) is 0 Å². The fourth-order valence-electron chi connectivity index (χ4n) is 2.48. The molecule has 0 spiro atoms. The van der Waals surface area contributed by atoms with E-state index in [1.807, 2.05) is 24.3 Å². The van der Waals surface area contributed by atoms with Crippen LogP contribution in [-0.4, -0.2) is 11.0 Å². The van der Waals surface area contributed by atoms with Crippen LogP contribution in [0.2, 0.25) is 5.02 Å². The third-order valence-corrected chi connectivity index (χ3v) is 3.60. The molecule has 4 heteroatoms. The molecule has 0 unspecified atom stereocenters. The monoisotopic (exact) mass is 273 g/mol. The van der Waals surface area contributed by atoms with Gasteiger partial charge in [0.2, 0.25) is 5.91 Å². The molecule has 2 aromatic carbocycles. The average molecular weight is 274 g/mol. The second-order valence-electron chi connectivity index (χ2n) is 4.59. The number of fused-ring (bicyclic) bond motifs is 3. The van der Waals surface area contributed by atoms with Gasteiger partial charge in [0.15, 0.2) is 0 Å². The summed E-state index contributed by atoms with van der Waals surface area (Å²) in [6, 6.07) is 11.2. The predicted octanol–water partition coefficient (Wildman–Crippen LogP) is 3.36. The number of nitrogens with one attached hydrogen (secondary N) is 1. The Balaban J connectivity index is 2.17. The van der Waals surface area contributed by atoms with Gasteiger partial charge in [-0.05, 0) is 34.4 Å². The number of rotatable bonds is 1. The molecule has 0 fully saturated rings. The van der Waals surface area contributed by atoms with Crippen molar-refractivity contribution < 1.29 is 9.90 Å². The van der Waals surface area contributed by atoms with Crippen LogP contribution in [0.1, 0.15) is 24.2 Å². The third-order valence-electron chi connectivity index (χ3n) is 3.29. The number of aliphatic hydroxyl groups is 1. The largest absolute Gasteiger partial charge is 0.384 e. The van der Waals surface area contributed by atoms with Crippen LogP contribution in [0.25, 0.3) is 11.1 Å². The highest BCUT2D eigenvalue weighted by molar-refractivity contribution is 6.34. The first-order valence-corrected chi connectivity index (χ1v) is 6.34. The van der Waals surface area contributed by atoms with Gasteiger partial charge >= 0.3 is 0 Å². The normalized spacial score (nSPS) is 15.8. The van der Waals surface area contributed by atoms with E-state index < -0.39 is 6.10 Å². The molecule has 0 radical (unpaired) electrons. The average Bonchev–Trinajstić information content (AvgIpc) is 2.64. The molecule has 0 saturated heterocycles. The van der Waals surface area contributed by atoms with E-state index >= 15 is 0 Å². The molecule has 1 amide bonds. The van der Waals surface area contributed by atoms with Gasteiger partial charge in [0.05, 0.1) is 10.7 Å². The summed E-state index contributed by atoms with van der Waals surface area (Å²) in [5, 5.41) is 13.5. The quantitative estimate of drug-likeness (QED) is 0.837. The Morgan fingerprint density at radius 3 is 2.68 bits per heavy atom. The molecule has 19 heavy (non-hydrogen) atoms. The highest BCUT2D eigenvalue weighted by atomic mass is 35.5. The summed E-state index contributed by atoms with van der Waals surface area (Å²) in [6.07, 6.45) is -0.670. The minimum Gasteiger partial charge on any atom is -0.384 e. The van der Waals surface area contributed by atoms with Gasteiger partial charge in [0.25, 0.3) is 0 Å². The Labute approximate surface area is 115 Å². The van der Waals surface area contributed by atoms with E-state index in [9.17, 15) is 9.90 Å². The lowest BCUT2D eigenvalue weighted by atomic mass is 10.1.